The lowest BCUT2D eigenvalue weighted by Crippen LogP contribution is -1.99. The van der Waals surface area contributed by atoms with Crippen LogP contribution in [0.4, 0.5) is 5.13 Å². The van der Waals surface area contributed by atoms with Crippen molar-refractivity contribution in [1.82, 2.24) is 4.98 Å². The number of methoxy groups -OCH3 is 1. The monoisotopic (exact) mass is 284 g/mol. The lowest BCUT2D eigenvalue weighted by atomic mass is 10.2. The molecule has 1 heterocycles. The van der Waals surface area contributed by atoms with Gasteiger partial charge in [-0.1, -0.05) is 35.6 Å². The van der Waals surface area contributed by atoms with Gasteiger partial charge in [-0.25, -0.2) is 4.98 Å². The molecule has 0 fully saturated rings. The third-order valence-electron chi connectivity index (χ3n) is 3.20. The van der Waals surface area contributed by atoms with Crippen LogP contribution in [0.1, 0.15) is 11.1 Å². The standard InChI is InChI=1S/C16H16N2OS/c1-11-5-3-8-14-15(11)18-16(20-14)17-10-12-6-4-7-13(9-12)19-2/h3-9H,10H2,1-2H3,(H,17,18). The van der Waals surface area contributed by atoms with Crippen LogP contribution in [0, 0.1) is 6.92 Å². The summed E-state index contributed by atoms with van der Waals surface area (Å²) in [6, 6.07) is 14.3. The van der Waals surface area contributed by atoms with Gasteiger partial charge < -0.3 is 10.1 Å². The van der Waals surface area contributed by atoms with E-state index in [0.717, 1.165) is 22.9 Å². The van der Waals surface area contributed by atoms with Crippen molar-refractivity contribution in [2.24, 2.45) is 0 Å². The first-order valence-electron chi connectivity index (χ1n) is 6.49. The summed E-state index contributed by atoms with van der Waals surface area (Å²) < 4.78 is 6.45. The molecular formula is C16H16N2OS. The third kappa shape index (κ3) is 2.60. The van der Waals surface area contributed by atoms with Gasteiger partial charge in [-0.3, -0.25) is 0 Å². The number of hydrogen-bond acceptors (Lipinski definition) is 4. The summed E-state index contributed by atoms with van der Waals surface area (Å²) in [4.78, 5) is 4.65. The summed E-state index contributed by atoms with van der Waals surface area (Å²) in [5.74, 6) is 0.879. The first-order valence-corrected chi connectivity index (χ1v) is 7.31. The lowest BCUT2D eigenvalue weighted by Gasteiger charge is -2.05. The number of anilines is 1. The number of nitrogens with one attached hydrogen (secondary N) is 1. The van der Waals surface area contributed by atoms with Crippen molar-refractivity contribution in [2.45, 2.75) is 13.5 Å². The highest BCUT2D eigenvalue weighted by atomic mass is 32.1. The van der Waals surface area contributed by atoms with Crippen LogP contribution in [-0.4, -0.2) is 12.1 Å². The Bertz CT molecular complexity index is 736. The van der Waals surface area contributed by atoms with Crippen LogP contribution in [0.2, 0.25) is 0 Å². The molecule has 20 heavy (non-hydrogen) atoms. The van der Waals surface area contributed by atoms with Crippen molar-refractivity contribution in [2.75, 3.05) is 12.4 Å². The minimum absolute atomic E-state index is 0.746. The number of para-hydroxylation sites is 1. The van der Waals surface area contributed by atoms with E-state index in [1.165, 1.54) is 15.8 Å². The number of aryl methyl sites for hydroxylation is 1. The average Bonchev–Trinajstić information content (AvgIpc) is 2.90. The maximum atomic E-state index is 5.23. The quantitative estimate of drug-likeness (QED) is 0.778. The topological polar surface area (TPSA) is 34.1 Å². The van der Waals surface area contributed by atoms with Gasteiger partial charge in [-0.15, -0.1) is 0 Å². The van der Waals surface area contributed by atoms with Crippen LogP contribution in [0.5, 0.6) is 5.75 Å². The molecule has 3 aromatic rings. The van der Waals surface area contributed by atoms with Crippen LogP contribution in [0.15, 0.2) is 42.5 Å². The van der Waals surface area contributed by atoms with Gasteiger partial charge in [0.2, 0.25) is 0 Å². The molecule has 0 aliphatic heterocycles. The fourth-order valence-electron chi connectivity index (χ4n) is 2.12. The molecule has 4 heteroatoms. The molecule has 0 atom stereocenters. The molecule has 1 N–H and O–H groups in total. The largest absolute Gasteiger partial charge is 0.497 e. The molecule has 0 unspecified atom stereocenters. The molecule has 102 valence electrons. The van der Waals surface area contributed by atoms with Gasteiger partial charge in [0.15, 0.2) is 5.13 Å². The van der Waals surface area contributed by atoms with Crippen LogP contribution < -0.4 is 10.1 Å². The molecule has 0 saturated heterocycles. The Balaban J connectivity index is 1.78. The normalized spacial score (nSPS) is 10.7. The van der Waals surface area contributed by atoms with Crippen molar-refractivity contribution < 1.29 is 4.74 Å². The van der Waals surface area contributed by atoms with E-state index in [4.69, 9.17) is 4.74 Å². The van der Waals surface area contributed by atoms with Gasteiger partial charge in [0.1, 0.15) is 5.75 Å². The van der Waals surface area contributed by atoms with Gasteiger partial charge in [0, 0.05) is 6.54 Å². The number of thiazole rings is 1. The zero-order valence-electron chi connectivity index (χ0n) is 11.5. The number of fused-ring (bicyclic) bond motifs is 1. The van der Waals surface area contributed by atoms with Crippen LogP contribution in [0.25, 0.3) is 10.2 Å². The summed E-state index contributed by atoms with van der Waals surface area (Å²) in [6.07, 6.45) is 0. The van der Waals surface area contributed by atoms with E-state index in [2.05, 4.69) is 41.5 Å². The Kier molecular flexibility index (Phi) is 3.56. The molecule has 2 aromatic carbocycles. The number of rotatable bonds is 4. The SMILES string of the molecule is COc1cccc(CNc2nc3c(C)cccc3s2)c1. The zero-order valence-corrected chi connectivity index (χ0v) is 12.3. The second-order valence-electron chi connectivity index (χ2n) is 4.65. The van der Waals surface area contributed by atoms with Crippen LogP contribution in [0.3, 0.4) is 0 Å². The van der Waals surface area contributed by atoms with E-state index in [-0.39, 0.29) is 0 Å². The van der Waals surface area contributed by atoms with Crippen molar-refractivity contribution >= 4 is 26.7 Å². The Morgan fingerprint density at radius 3 is 2.85 bits per heavy atom. The summed E-state index contributed by atoms with van der Waals surface area (Å²) in [7, 11) is 1.68. The highest BCUT2D eigenvalue weighted by Crippen LogP contribution is 2.28. The van der Waals surface area contributed by atoms with Crippen molar-refractivity contribution in [1.29, 1.82) is 0 Å². The molecule has 0 spiro atoms. The third-order valence-corrected chi connectivity index (χ3v) is 4.18. The van der Waals surface area contributed by atoms with E-state index in [1.54, 1.807) is 18.4 Å². The zero-order chi connectivity index (χ0) is 13.9. The average molecular weight is 284 g/mol. The van der Waals surface area contributed by atoms with E-state index in [9.17, 15) is 0 Å². The molecule has 0 bridgehead atoms. The summed E-state index contributed by atoms with van der Waals surface area (Å²) in [5, 5.41) is 4.34. The number of nitrogens with zero attached hydrogens (tertiary/aromatic N) is 1. The van der Waals surface area contributed by atoms with Gasteiger partial charge in [0.25, 0.3) is 0 Å². The molecule has 3 rings (SSSR count). The van der Waals surface area contributed by atoms with Crippen molar-refractivity contribution in [3.63, 3.8) is 0 Å². The Hall–Kier alpha value is -2.07. The van der Waals surface area contributed by atoms with E-state index in [0.29, 0.717) is 0 Å². The van der Waals surface area contributed by atoms with Gasteiger partial charge in [0.05, 0.1) is 17.3 Å². The second-order valence-corrected chi connectivity index (χ2v) is 5.68. The maximum absolute atomic E-state index is 5.23. The summed E-state index contributed by atoms with van der Waals surface area (Å²) in [5.41, 5.74) is 3.49. The Morgan fingerprint density at radius 2 is 2.05 bits per heavy atom. The number of aromatic nitrogens is 1. The molecular weight excluding hydrogens is 268 g/mol. The van der Waals surface area contributed by atoms with Crippen molar-refractivity contribution in [3.8, 4) is 5.75 Å². The number of ether oxygens (including phenoxy) is 1. The number of hydrogen-bond donors (Lipinski definition) is 1. The van der Waals surface area contributed by atoms with Gasteiger partial charge in [-0.2, -0.15) is 0 Å². The molecule has 1 aromatic heterocycles. The summed E-state index contributed by atoms with van der Waals surface area (Å²) in [6.45, 7) is 2.84. The first kappa shape index (κ1) is 12.9. The minimum Gasteiger partial charge on any atom is -0.497 e. The van der Waals surface area contributed by atoms with Crippen molar-refractivity contribution in [3.05, 3.63) is 53.6 Å². The summed E-state index contributed by atoms with van der Waals surface area (Å²) >= 11 is 1.69. The highest BCUT2D eigenvalue weighted by molar-refractivity contribution is 7.22. The Labute approximate surface area is 122 Å². The second kappa shape index (κ2) is 5.51. The predicted molar refractivity (Wildman–Crippen MR) is 84.7 cm³/mol. The lowest BCUT2D eigenvalue weighted by molar-refractivity contribution is 0.414. The molecule has 0 amide bonds. The molecule has 0 saturated carbocycles. The maximum Gasteiger partial charge on any atom is 0.184 e. The predicted octanol–water partition coefficient (Wildman–Crippen LogP) is 4.23. The fourth-order valence-corrected chi connectivity index (χ4v) is 3.06. The van der Waals surface area contributed by atoms with E-state index >= 15 is 0 Å². The fraction of sp³-hybridized carbons (Fsp3) is 0.188. The highest BCUT2D eigenvalue weighted by Gasteiger charge is 2.05. The Morgan fingerprint density at radius 1 is 1.20 bits per heavy atom. The molecule has 0 radical (unpaired) electrons. The number of benzene rings is 2. The van der Waals surface area contributed by atoms with Gasteiger partial charge in [-0.05, 0) is 36.2 Å². The van der Waals surface area contributed by atoms with Crippen LogP contribution >= 0.6 is 11.3 Å². The van der Waals surface area contributed by atoms with Gasteiger partial charge >= 0.3 is 0 Å². The van der Waals surface area contributed by atoms with E-state index in [1.807, 2.05) is 18.2 Å². The minimum atomic E-state index is 0.746. The molecule has 0 aliphatic carbocycles. The molecule has 0 aliphatic rings. The molecule has 3 nitrogen and oxygen atoms in total. The first-order chi connectivity index (χ1) is 9.76. The smallest absolute Gasteiger partial charge is 0.184 e. The van der Waals surface area contributed by atoms with Crippen LogP contribution in [-0.2, 0) is 6.54 Å². The van der Waals surface area contributed by atoms with E-state index < -0.39 is 0 Å².